The lowest BCUT2D eigenvalue weighted by molar-refractivity contribution is -0.133. The van der Waals surface area contributed by atoms with Crippen LogP contribution in [0.25, 0.3) is 0 Å². The molecule has 1 aromatic rings. The monoisotopic (exact) mass is 327 g/mol. The number of carbonyl (C=O) groups excluding carboxylic acids is 1. The average molecular weight is 327 g/mol. The summed E-state index contributed by atoms with van der Waals surface area (Å²) in [5.74, 6) is 0.989. The number of hydrogen-bond acceptors (Lipinski definition) is 5. The van der Waals surface area contributed by atoms with E-state index in [4.69, 9.17) is 9.47 Å². The second-order valence-corrected chi connectivity index (χ2v) is 7.73. The number of methoxy groups -OCH3 is 1. The number of sulfone groups is 1. The minimum atomic E-state index is -3.01. The topological polar surface area (TPSA) is 72.9 Å². The Morgan fingerprint density at radius 1 is 1.36 bits per heavy atom. The Kier molecular flexibility index (Phi) is 4.95. The quantitative estimate of drug-likeness (QED) is 0.807. The van der Waals surface area contributed by atoms with Crippen molar-refractivity contribution in [2.75, 3.05) is 32.3 Å². The fourth-order valence-electron chi connectivity index (χ4n) is 2.42. The molecule has 0 radical (unpaired) electrons. The van der Waals surface area contributed by atoms with Gasteiger partial charge in [-0.15, -0.1) is 0 Å². The first-order valence-electron chi connectivity index (χ1n) is 7.06. The van der Waals surface area contributed by atoms with Crippen LogP contribution in [-0.2, 0) is 14.6 Å². The molecule has 122 valence electrons. The minimum absolute atomic E-state index is 0.0308. The van der Waals surface area contributed by atoms with E-state index in [-0.39, 0.29) is 30.1 Å². The maximum atomic E-state index is 12.1. The predicted molar refractivity (Wildman–Crippen MR) is 83.1 cm³/mol. The summed E-state index contributed by atoms with van der Waals surface area (Å²) < 4.78 is 33.7. The zero-order valence-electron chi connectivity index (χ0n) is 13.0. The van der Waals surface area contributed by atoms with Crippen molar-refractivity contribution in [3.8, 4) is 11.5 Å². The van der Waals surface area contributed by atoms with E-state index in [0.29, 0.717) is 17.9 Å². The number of likely N-dealkylation sites (N-methyl/N-ethyl adjacent to an activating group) is 1. The maximum Gasteiger partial charge on any atom is 0.260 e. The smallest absolute Gasteiger partial charge is 0.260 e. The maximum absolute atomic E-state index is 12.1. The predicted octanol–water partition coefficient (Wildman–Crippen LogP) is 1.03. The van der Waals surface area contributed by atoms with Gasteiger partial charge in [0.15, 0.2) is 27.9 Å². The number of benzene rings is 1. The van der Waals surface area contributed by atoms with E-state index in [2.05, 4.69) is 0 Å². The molecule has 1 saturated heterocycles. The molecule has 0 aromatic heterocycles. The van der Waals surface area contributed by atoms with Gasteiger partial charge in [0, 0.05) is 13.1 Å². The van der Waals surface area contributed by atoms with Crippen LogP contribution in [0.2, 0.25) is 0 Å². The van der Waals surface area contributed by atoms with Crippen molar-refractivity contribution < 1.29 is 22.7 Å². The summed E-state index contributed by atoms with van der Waals surface area (Å²) in [4.78, 5) is 13.6. The number of ether oxygens (including phenoxy) is 2. The molecule has 0 N–H and O–H groups in total. The van der Waals surface area contributed by atoms with Gasteiger partial charge in [-0.25, -0.2) is 8.42 Å². The zero-order valence-corrected chi connectivity index (χ0v) is 13.9. The molecular weight excluding hydrogens is 306 g/mol. The van der Waals surface area contributed by atoms with E-state index < -0.39 is 9.84 Å². The van der Waals surface area contributed by atoms with Gasteiger partial charge in [0.05, 0.1) is 18.6 Å². The number of hydrogen-bond donors (Lipinski definition) is 0. The lowest BCUT2D eigenvalue weighted by Gasteiger charge is -2.23. The Morgan fingerprint density at radius 3 is 2.68 bits per heavy atom. The van der Waals surface area contributed by atoms with E-state index in [0.717, 1.165) is 5.56 Å². The van der Waals surface area contributed by atoms with Gasteiger partial charge in [-0.3, -0.25) is 4.79 Å². The van der Waals surface area contributed by atoms with Crippen LogP contribution in [0.4, 0.5) is 0 Å². The van der Waals surface area contributed by atoms with Crippen LogP contribution in [0.1, 0.15) is 12.0 Å². The number of nitrogens with zero attached hydrogens (tertiary/aromatic N) is 1. The van der Waals surface area contributed by atoms with Crippen molar-refractivity contribution in [2.24, 2.45) is 0 Å². The minimum Gasteiger partial charge on any atom is -0.493 e. The molecule has 1 heterocycles. The van der Waals surface area contributed by atoms with Crippen molar-refractivity contribution in [3.63, 3.8) is 0 Å². The highest BCUT2D eigenvalue weighted by atomic mass is 32.2. The third-order valence-corrected chi connectivity index (χ3v) is 5.57. The Balaban J connectivity index is 1.95. The van der Waals surface area contributed by atoms with Gasteiger partial charge >= 0.3 is 0 Å². The zero-order chi connectivity index (χ0) is 16.3. The van der Waals surface area contributed by atoms with E-state index in [1.165, 1.54) is 4.90 Å². The molecule has 1 atom stereocenters. The van der Waals surface area contributed by atoms with Gasteiger partial charge in [-0.1, -0.05) is 6.07 Å². The van der Waals surface area contributed by atoms with Crippen molar-refractivity contribution in [1.82, 2.24) is 4.90 Å². The van der Waals surface area contributed by atoms with Gasteiger partial charge in [-0.05, 0) is 31.0 Å². The SMILES string of the molecule is COc1cc(C)ccc1OCC(=O)N(C)C1CCS(=O)(=O)C1. The van der Waals surface area contributed by atoms with Crippen LogP contribution in [0.3, 0.4) is 0 Å². The van der Waals surface area contributed by atoms with Crippen molar-refractivity contribution in [3.05, 3.63) is 23.8 Å². The summed E-state index contributed by atoms with van der Waals surface area (Å²) in [7, 11) is 0.144. The molecule has 0 saturated carbocycles. The lowest BCUT2D eigenvalue weighted by atomic mass is 10.2. The van der Waals surface area contributed by atoms with Gasteiger partial charge in [0.25, 0.3) is 5.91 Å². The van der Waals surface area contributed by atoms with Gasteiger partial charge in [0.2, 0.25) is 0 Å². The normalized spacial score (nSPS) is 19.7. The summed E-state index contributed by atoms with van der Waals surface area (Å²) in [5.41, 5.74) is 1.03. The largest absolute Gasteiger partial charge is 0.493 e. The Bertz CT molecular complexity index is 656. The van der Waals surface area contributed by atoms with Gasteiger partial charge < -0.3 is 14.4 Å². The molecule has 1 aliphatic rings. The highest BCUT2D eigenvalue weighted by Gasteiger charge is 2.32. The van der Waals surface area contributed by atoms with E-state index in [1.54, 1.807) is 20.2 Å². The van der Waals surface area contributed by atoms with Crippen molar-refractivity contribution in [2.45, 2.75) is 19.4 Å². The summed E-state index contributed by atoms with van der Waals surface area (Å²) in [6.45, 7) is 1.79. The van der Waals surface area contributed by atoms with Crippen LogP contribution in [0, 0.1) is 6.92 Å². The van der Waals surface area contributed by atoms with E-state index in [1.807, 2.05) is 19.1 Å². The summed E-state index contributed by atoms with van der Waals surface area (Å²) in [5, 5.41) is 0. The van der Waals surface area contributed by atoms with Gasteiger partial charge in [-0.2, -0.15) is 0 Å². The second kappa shape index (κ2) is 6.56. The summed E-state index contributed by atoms with van der Waals surface area (Å²) in [6.07, 6.45) is 0.485. The molecule has 22 heavy (non-hydrogen) atoms. The number of amides is 1. The van der Waals surface area contributed by atoms with E-state index in [9.17, 15) is 13.2 Å². The Labute approximate surface area is 130 Å². The fourth-order valence-corrected chi connectivity index (χ4v) is 4.19. The molecule has 0 spiro atoms. The fraction of sp³-hybridized carbons (Fsp3) is 0.533. The van der Waals surface area contributed by atoms with Gasteiger partial charge in [0.1, 0.15) is 0 Å². The highest BCUT2D eigenvalue weighted by Crippen LogP contribution is 2.27. The number of rotatable bonds is 5. The lowest BCUT2D eigenvalue weighted by Crippen LogP contribution is -2.40. The number of aryl methyl sites for hydroxylation is 1. The number of carbonyl (C=O) groups is 1. The van der Waals surface area contributed by atoms with Crippen LogP contribution in [-0.4, -0.2) is 57.5 Å². The average Bonchev–Trinajstić information content (AvgIpc) is 2.84. The van der Waals surface area contributed by atoms with E-state index >= 15 is 0 Å². The first-order valence-corrected chi connectivity index (χ1v) is 8.88. The van der Waals surface area contributed by atoms with Crippen LogP contribution < -0.4 is 9.47 Å². The second-order valence-electron chi connectivity index (χ2n) is 5.50. The molecule has 7 heteroatoms. The molecule has 1 unspecified atom stereocenters. The molecule has 6 nitrogen and oxygen atoms in total. The Hall–Kier alpha value is -1.76. The molecule has 1 fully saturated rings. The third kappa shape index (κ3) is 3.91. The summed E-state index contributed by atoms with van der Waals surface area (Å²) in [6, 6.07) is 5.19. The first-order chi connectivity index (χ1) is 10.3. The molecule has 1 aromatic carbocycles. The molecule has 2 rings (SSSR count). The van der Waals surface area contributed by atoms with Crippen LogP contribution in [0.15, 0.2) is 18.2 Å². The van der Waals surface area contributed by atoms with Crippen molar-refractivity contribution in [1.29, 1.82) is 0 Å². The van der Waals surface area contributed by atoms with Crippen molar-refractivity contribution >= 4 is 15.7 Å². The standard InChI is InChI=1S/C15H21NO5S/c1-11-4-5-13(14(8-11)20-3)21-9-15(17)16(2)12-6-7-22(18,19)10-12/h4-5,8,12H,6-7,9-10H2,1-3H3. The molecular formula is C15H21NO5S. The highest BCUT2D eigenvalue weighted by molar-refractivity contribution is 7.91. The molecule has 1 amide bonds. The molecule has 1 aliphatic heterocycles. The summed E-state index contributed by atoms with van der Waals surface area (Å²) >= 11 is 0. The Morgan fingerprint density at radius 2 is 2.09 bits per heavy atom. The molecule has 0 bridgehead atoms. The van der Waals surface area contributed by atoms with Crippen LogP contribution in [0.5, 0.6) is 11.5 Å². The molecule has 0 aliphatic carbocycles. The first kappa shape index (κ1) is 16.6. The van der Waals surface area contributed by atoms with Crippen LogP contribution >= 0.6 is 0 Å². The third-order valence-electron chi connectivity index (χ3n) is 3.82.